The normalized spacial score (nSPS) is 11.5. The van der Waals surface area contributed by atoms with Gasteiger partial charge in [-0.05, 0) is 31.4 Å². The zero-order valence-electron chi connectivity index (χ0n) is 9.52. The molecular formula is C13H19N. The first-order valence-corrected chi connectivity index (χ1v) is 5.03. The van der Waals surface area contributed by atoms with Crippen LogP contribution in [0, 0.1) is 6.92 Å². The number of rotatable bonds is 3. The Morgan fingerprint density at radius 1 is 1.50 bits per heavy atom. The Morgan fingerprint density at radius 3 is 2.57 bits per heavy atom. The fourth-order valence-corrected chi connectivity index (χ4v) is 1.32. The molecule has 1 aromatic rings. The van der Waals surface area contributed by atoms with Gasteiger partial charge in [-0.25, -0.2) is 0 Å². The average molecular weight is 189 g/mol. The van der Waals surface area contributed by atoms with Crippen LogP contribution < -0.4 is 0 Å². The lowest BCUT2D eigenvalue weighted by Crippen LogP contribution is -1.85. The van der Waals surface area contributed by atoms with Gasteiger partial charge in [-0.1, -0.05) is 38.2 Å². The molecule has 0 saturated heterocycles. The van der Waals surface area contributed by atoms with Gasteiger partial charge < -0.3 is 4.98 Å². The number of hydrogen-bond acceptors (Lipinski definition) is 0. The molecule has 0 amide bonds. The van der Waals surface area contributed by atoms with E-state index in [4.69, 9.17) is 0 Å². The minimum atomic E-state index is 0.556. The smallest absolute Gasteiger partial charge is 0.0191 e. The molecule has 0 radical (unpaired) electrons. The van der Waals surface area contributed by atoms with Crippen molar-refractivity contribution in [3.05, 3.63) is 41.2 Å². The number of allylic oxidation sites excluding steroid dienone is 2. The molecule has 0 atom stereocenters. The van der Waals surface area contributed by atoms with Crippen LogP contribution in [-0.2, 0) is 0 Å². The summed E-state index contributed by atoms with van der Waals surface area (Å²) in [6.07, 6.45) is 4.15. The highest BCUT2D eigenvalue weighted by Crippen LogP contribution is 2.19. The Morgan fingerprint density at radius 2 is 2.14 bits per heavy atom. The van der Waals surface area contributed by atoms with E-state index in [0.29, 0.717) is 5.92 Å². The van der Waals surface area contributed by atoms with Crippen LogP contribution >= 0.6 is 0 Å². The summed E-state index contributed by atoms with van der Waals surface area (Å²) in [5.41, 5.74) is 4.86. The first-order valence-electron chi connectivity index (χ1n) is 5.03. The number of hydrogen-bond donors (Lipinski definition) is 1. The van der Waals surface area contributed by atoms with Crippen molar-refractivity contribution in [3.8, 4) is 0 Å². The van der Waals surface area contributed by atoms with Gasteiger partial charge >= 0.3 is 0 Å². The first-order chi connectivity index (χ1) is 6.50. The molecule has 0 fully saturated rings. The summed E-state index contributed by atoms with van der Waals surface area (Å²) in [4.78, 5) is 3.39. The van der Waals surface area contributed by atoms with Crippen molar-refractivity contribution in [2.75, 3.05) is 0 Å². The number of nitrogens with one attached hydrogen (secondary N) is 1. The summed E-state index contributed by atoms with van der Waals surface area (Å²) in [5, 5.41) is 0. The van der Waals surface area contributed by atoms with Crippen molar-refractivity contribution < 1.29 is 0 Å². The lowest BCUT2D eigenvalue weighted by atomic mass is 10.1. The summed E-state index contributed by atoms with van der Waals surface area (Å²) >= 11 is 0. The third-order valence-corrected chi connectivity index (χ3v) is 2.25. The minimum Gasteiger partial charge on any atom is -0.362 e. The summed E-state index contributed by atoms with van der Waals surface area (Å²) in [6.45, 7) is 12.3. The van der Waals surface area contributed by atoms with E-state index in [-0.39, 0.29) is 0 Å². The van der Waals surface area contributed by atoms with E-state index >= 15 is 0 Å². The monoisotopic (exact) mass is 189 g/mol. The summed E-state index contributed by atoms with van der Waals surface area (Å²) in [7, 11) is 0. The summed E-state index contributed by atoms with van der Waals surface area (Å²) in [5.74, 6) is 0.556. The Balaban J connectivity index is 2.93. The molecule has 76 valence electrons. The van der Waals surface area contributed by atoms with Crippen LogP contribution in [0.25, 0.3) is 6.08 Å². The lowest BCUT2D eigenvalue weighted by molar-refractivity contribution is 0.829. The van der Waals surface area contributed by atoms with E-state index in [1.807, 2.05) is 13.0 Å². The Bertz CT molecular complexity index is 353. The van der Waals surface area contributed by atoms with Gasteiger partial charge in [0, 0.05) is 11.4 Å². The fourth-order valence-electron chi connectivity index (χ4n) is 1.32. The van der Waals surface area contributed by atoms with Crippen molar-refractivity contribution in [1.82, 2.24) is 4.98 Å². The minimum absolute atomic E-state index is 0.556. The summed E-state index contributed by atoms with van der Waals surface area (Å²) in [6, 6.07) is 2.21. The molecule has 0 aromatic carbocycles. The second-order valence-corrected chi connectivity index (χ2v) is 4.14. The highest BCUT2D eigenvalue weighted by atomic mass is 14.7. The second-order valence-electron chi connectivity index (χ2n) is 4.14. The predicted octanol–water partition coefficient (Wildman–Crippen LogP) is 4.04. The predicted molar refractivity (Wildman–Crippen MR) is 63.5 cm³/mol. The number of aryl methyl sites for hydroxylation is 1. The highest BCUT2D eigenvalue weighted by Gasteiger charge is 2.04. The largest absolute Gasteiger partial charge is 0.362 e. The molecule has 0 bridgehead atoms. The zero-order chi connectivity index (χ0) is 10.7. The zero-order valence-corrected chi connectivity index (χ0v) is 9.52. The van der Waals surface area contributed by atoms with E-state index in [1.165, 1.54) is 17.0 Å². The Labute approximate surface area is 86.5 Å². The Hall–Kier alpha value is -1.24. The van der Waals surface area contributed by atoms with Crippen LogP contribution in [0.4, 0.5) is 0 Å². The molecule has 0 spiro atoms. The van der Waals surface area contributed by atoms with Crippen molar-refractivity contribution in [1.29, 1.82) is 0 Å². The topological polar surface area (TPSA) is 15.8 Å². The van der Waals surface area contributed by atoms with E-state index in [9.17, 15) is 0 Å². The van der Waals surface area contributed by atoms with Gasteiger partial charge in [0.1, 0.15) is 0 Å². The maximum atomic E-state index is 3.84. The lowest BCUT2D eigenvalue weighted by Gasteiger charge is -1.98. The van der Waals surface area contributed by atoms with E-state index in [0.717, 1.165) is 5.57 Å². The first kappa shape index (κ1) is 10.8. The SMILES string of the molecule is C=C(C)/C=C\c1cc(C(C)C)[nH]c1C. The molecule has 1 N–H and O–H groups in total. The standard InChI is InChI=1S/C13H19N/c1-9(2)6-7-12-8-13(10(3)4)14-11(12)5/h6-8,10,14H,1H2,2-5H3/b7-6-. The molecule has 0 unspecified atom stereocenters. The molecule has 1 heteroatoms. The quantitative estimate of drug-likeness (QED) is 0.691. The van der Waals surface area contributed by atoms with Crippen LogP contribution in [0.3, 0.4) is 0 Å². The third kappa shape index (κ3) is 2.63. The number of aromatic amines is 1. The van der Waals surface area contributed by atoms with E-state index in [1.54, 1.807) is 0 Å². The van der Waals surface area contributed by atoms with Crippen LogP contribution in [0.1, 0.15) is 43.6 Å². The van der Waals surface area contributed by atoms with Gasteiger partial charge in [0.05, 0.1) is 0 Å². The molecule has 0 aliphatic carbocycles. The van der Waals surface area contributed by atoms with Gasteiger partial charge in [0.25, 0.3) is 0 Å². The molecule has 14 heavy (non-hydrogen) atoms. The number of aromatic nitrogens is 1. The van der Waals surface area contributed by atoms with E-state index in [2.05, 4.69) is 44.5 Å². The molecule has 0 aliphatic rings. The molecule has 1 nitrogen and oxygen atoms in total. The third-order valence-electron chi connectivity index (χ3n) is 2.25. The van der Waals surface area contributed by atoms with Crippen LogP contribution in [0.2, 0.25) is 0 Å². The van der Waals surface area contributed by atoms with Gasteiger partial charge in [0.2, 0.25) is 0 Å². The van der Waals surface area contributed by atoms with Crippen LogP contribution in [-0.4, -0.2) is 4.98 Å². The molecule has 0 aliphatic heterocycles. The van der Waals surface area contributed by atoms with Gasteiger partial charge in [-0.15, -0.1) is 0 Å². The van der Waals surface area contributed by atoms with Crippen molar-refractivity contribution in [3.63, 3.8) is 0 Å². The maximum absolute atomic E-state index is 3.84. The van der Waals surface area contributed by atoms with Crippen LogP contribution in [0.5, 0.6) is 0 Å². The molecule has 1 heterocycles. The highest BCUT2D eigenvalue weighted by molar-refractivity contribution is 5.56. The molecular weight excluding hydrogens is 170 g/mol. The van der Waals surface area contributed by atoms with Gasteiger partial charge in [-0.3, -0.25) is 0 Å². The summed E-state index contributed by atoms with van der Waals surface area (Å²) < 4.78 is 0. The number of H-pyrrole nitrogens is 1. The fraction of sp³-hybridized carbons (Fsp3) is 0.385. The van der Waals surface area contributed by atoms with Crippen molar-refractivity contribution in [2.24, 2.45) is 0 Å². The average Bonchev–Trinajstić information content (AvgIpc) is 2.43. The van der Waals surface area contributed by atoms with Crippen LogP contribution in [0.15, 0.2) is 24.3 Å². The molecule has 0 saturated carbocycles. The van der Waals surface area contributed by atoms with Crippen molar-refractivity contribution >= 4 is 6.08 Å². The Kier molecular flexibility index (Phi) is 3.34. The molecule has 1 aromatic heterocycles. The van der Waals surface area contributed by atoms with Gasteiger partial charge in [-0.2, -0.15) is 0 Å². The maximum Gasteiger partial charge on any atom is 0.0191 e. The van der Waals surface area contributed by atoms with E-state index < -0.39 is 0 Å². The van der Waals surface area contributed by atoms with Crippen molar-refractivity contribution in [2.45, 2.75) is 33.6 Å². The second kappa shape index (κ2) is 4.32. The van der Waals surface area contributed by atoms with Gasteiger partial charge in [0.15, 0.2) is 0 Å². The molecule has 1 rings (SSSR count).